The number of hydrogen-bond acceptors (Lipinski definition) is 4. The summed E-state index contributed by atoms with van der Waals surface area (Å²) >= 11 is 6.65. The van der Waals surface area contributed by atoms with Crippen LogP contribution in [0.5, 0.6) is 0 Å². The Hall–Kier alpha value is -3.53. The lowest BCUT2D eigenvalue weighted by molar-refractivity contribution is -0.115. The highest BCUT2D eigenvalue weighted by atomic mass is 35.5. The summed E-state index contributed by atoms with van der Waals surface area (Å²) in [4.78, 5) is 27.0. The molecule has 0 spiro atoms. The fourth-order valence-electron chi connectivity index (χ4n) is 4.41. The molecule has 1 aromatic rings. The summed E-state index contributed by atoms with van der Waals surface area (Å²) in [6, 6.07) is 5.49. The number of rotatable bonds is 6. The second kappa shape index (κ2) is 11.5. The van der Waals surface area contributed by atoms with Gasteiger partial charge in [-0.1, -0.05) is 54.0 Å². The van der Waals surface area contributed by atoms with E-state index >= 15 is 0 Å². The summed E-state index contributed by atoms with van der Waals surface area (Å²) in [5.74, 6) is 4.95. The topological polar surface area (TPSA) is 73.5 Å². The summed E-state index contributed by atoms with van der Waals surface area (Å²) in [5, 5.41) is 10.1. The number of carbonyl (C=O) groups excluding carboxylic acids is 2. The standard InChI is InChI=1S/C29H31ClN4O2/c1-4-31-26(35)15-11-19-10-14-23-25(16-19)33-29(36)27(23)28(20-8-6-5-7-9-20)32-22-13-12-21(18-34(2)3)24(30)17-22/h6,8-10,12-14,16,22,32H,4-5,7,17-18H2,1-3H3,(H,31,35)(H,33,36)/b28-27-. The zero-order valence-corrected chi connectivity index (χ0v) is 21.6. The van der Waals surface area contributed by atoms with Crippen LogP contribution in [-0.4, -0.2) is 49.9 Å². The van der Waals surface area contributed by atoms with Gasteiger partial charge in [-0.15, -0.1) is 0 Å². The highest BCUT2D eigenvalue weighted by Crippen LogP contribution is 2.37. The van der Waals surface area contributed by atoms with Gasteiger partial charge in [0.15, 0.2) is 0 Å². The molecule has 186 valence electrons. The maximum absolute atomic E-state index is 13.2. The van der Waals surface area contributed by atoms with Crippen molar-refractivity contribution < 1.29 is 9.59 Å². The minimum absolute atomic E-state index is 0.0405. The number of halogens is 1. The molecule has 1 heterocycles. The van der Waals surface area contributed by atoms with Crippen LogP contribution in [0.2, 0.25) is 0 Å². The summed E-state index contributed by atoms with van der Waals surface area (Å²) in [6.07, 6.45) is 13.1. The molecule has 3 N–H and O–H groups in total. The molecule has 1 aliphatic heterocycles. The molecule has 0 radical (unpaired) electrons. The summed E-state index contributed by atoms with van der Waals surface area (Å²) in [6.45, 7) is 3.15. The van der Waals surface area contributed by atoms with Crippen LogP contribution in [0, 0.1) is 11.8 Å². The van der Waals surface area contributed by atoms with E-state index in [-0.39, 0.29) is 17.9 Å². The van der Waals surface area contributed by atoms with E-state index in [1.807, 2.05) is 39.2 Å². The molecular weight excluding hydrogens is 472 g/mol. The number of allylic oxidation sites excluding steroid dienone is 3. The van der Waals surface area contributed by atoms with Gasteiger partial charge < -0.3 is 20.9 Å². The normalized spacial score (nSPS) is 19.9. The first-order chi connectivity index (χ1) is 17.4. The third-order valence-corrected chi connectivity index (χ3v) is 6.45. The molecule has 1 aromatic carbocycles. The average molecular weight is 503 g/mol. The fourth-order valence-corrected chi connectivity index (χ4v) is 4.70. The molecule has 0 fully saturated rings. The van der Waals surface area contributed by atoms with E-state index in [1.165, 1.54) is 0 Å². The van der Waals surface area contributed by atoms with Crippen LogP contribution in [0.25, 0.3) is 5.57 Å². The third-order valence-electron chi connectivity index (χ3n) is 6.05. The lowest BCUT2D eigenvalue weighted by atomic mass is 9.94. The molecule has 7 heteroatoms. The van der Waals surface area contributed by atoms with Crippen LogP contribution in [0.15, 0.2) is 70.5 Å². The van der Waals surface area contributed by atoms with Crippen molar-refractivity contribution in [2.75, 3.05) is 32.5 Å². The number of carbonyl (C=O) groups is 2. The van der Waals surface area contributed by atoms with E-state index in [1.54, 1.807) is 0 Å². The van der Waals surface area contributed by atoms with Crippen LogP contribution in [0.1, 0.15) is 37.3 Å². The van der Waals surface area contributed by atoms with Crippen LogP contribution in [0.4, 0.5) is 5.69 Å². The molecule has 6 nitrogen and oxygen atoms in total. The Morgan fingerprint density at radius 2 is 2.08 bits per heavy atom. The van der Waals surface area contributed by atoms with E-state index in [2.05, 4.69) is 63.1 Å². The predicted molar refractivity (Wildman–Crippen MR) is 146 cm³/mol. The first kappa shape index (κ1) is 25.6. The molecule has 2 aliphatic carbocycles. The summed E-state index contributed by atoms with van der Waals surface area (Å²) in [5.41, 5.74) is 5.64. The lowest BCUT2D eigenvalue weighted by Gasteiger charge is -2.26. The van der Waals surface area contributed by atoms with Crippen LogP contribution >= 0.6 is 11.6 Å². The van der Waals surface area contributed by atoms with Crippen molar-refractivity contribution in [2.24, 2.45) is 0 Å². The fraction of sp³-hybridized carbons (Fsp3) is 0.310. The first-order valence-electron chi connectivity index (χ1n) is 12.2. The Morgan fingerprint density at radius 1 is 1.25 bits per heavy atom. The second-order valence-corrected chi connectivity index (χ2v) is 9.65. The quantitative estimate of drug-likeness (QED) is 0.405. The SMILES string of the molecule is CCNC(=O)C#Cc1ccc2c(c1)NC(=O)/C2=C(\NC1C=CC(CN(C)C)=C(Cl)C1)C1=CCCC=C1. The maximum atomic E-state index is 13.2. The smallest absolute Gasteiger partial charge is 0.296 e. The zero-order chi connectivity index (χ0) is 25.7. The van der Waals surface area contributed by atoms with Crippen LogP contribution in [0.3, 0.4) is 0 Å². The van der Waals surface area contributed by atoms with Crippen molar-refractivity contribution in [3.63, 3.8) is 0 Å². The maximum Gasteiger partial charge on any atom is 0.296 e. The number of likely N-dealkylation sites (N-methyl/N-ethyl adjacent to an activating group) is 1. The Balaban J connectivity index is 1.67. The van der Waals surface area contributed by atoms with Gasteiger partial charge in [-0.3, -0.25) is 9.59 Å². The number of nitrogens with zero attached hydrogens (tertiary/aromatic N) is 1. The average Bonchev–Trinajstić information content (AvgIpc) is 3.18. The molecule has 0 bridgehead atoms. The summed E-state index contributed by atoms with van der Waals surface area (Å²) < 4.78 is 0. The van der Waals surface area contributed by atoms with Crippen molar-refractivity contribution in [3.05, 3.63) is 81.6 Å². The molecule has 4 rings (SSSR count). The number of amides is 2. The van der Waals surface area contributed by atoms with E-state index in [0.29, 0.717) is 29.8 Å². The molecule has 2 amide bonds. The zero-order valence-electron chi connectivity index (χ0n) is 20.9. The van der Waals surface area contributed by atoms with E-state index in [0.717, 1.165) is 46.8 Å². The van der Waals surface area contributed by atoms with Gasteiger partial charge in [0, 0.05) is 47.6 Å². The minimum Gasteiger partial charge on any atom is -0.377 e. The van der Waals surface area contributed by atoms with Crippen LogP contribution in [-0.2, 0) is 9.59 Å². The third kappa shape index (κ3) is 5.99. The van der Waals surface area contributed by atoms with Gasteiger partial charge in [-0.25, -0.2) is 0 Å². The highest BCUT2D eigenvalue weighted by molar-refractivity contribution is 6.33. The number of fused-ring (bicyclic) bond motifs is 1. The monoisotopic (exact) mass is 502 g/mol. The molecular formula is C29H31ClN4O2. The van der Waals surface area contributed by atoms with Gasteiger partial charge in [0.25, 0.3) is 11.8 Å². The highest BCUT2D eigenvalue weighted by Gasteiger charge is 2.30. The molecule has 1 atom stereocenters. The number of nitrogens with one attached hydrogen (secondary N) is 3. The lowest BCUT2D eigenvalue weighted by Crippen LogP contribution is -2.31. The number of benzene rings is 1. The van der Waals surface area contributed by atoms with Crippen molar-refractivity contribution >= 4 is 34.7 Å². The van der Waals surface area contributed by atoms with Crippen molar-refractivity contribution in [3.8, 4) is 11.8 Å². The molecule has 3 aliphatic rings. The Kier molecular flexibility index (Phi) is 8.14. The van der Waals surface area contributed by atoms with Crippen LogP contribution < -0.4 is 16.0 Å². The number of anilines is 1. The Labute approximate surface area is 217 Å². The Morgan fingerprint density at radius 3 is 2.78 bits per heavy atom. The van der Waals surface area contributed by atoms with E-state index in [9.17, 15) is 9.59 Å². The van der Waals surface area contributed by atoms with Crippen molar-refractivity contribution in [1.82, 2.24) is 15.5 Å². The van der Waals surface area contributed by atoms with Crippen molar-refractivity contribution in [1.29, 1.82) is 0 Å². The predicted octanol–water partition coefficient (Wildman–Crippen LogP) is 4.09. The molecule has 36 heavy (non-hydrogen) atoms. The number of hydrogen-bond donors (Lipinski definition) is 3. The van der Waals surface area contributed by atoms with Gasteiger partial charge in [0.1, 0.15) is 0 Å². The first-order valence-corrected chi connectivity index (χ1v) is 12.6. The van der Waals surface area contributed by atoms with E-state index < -0.39 is 0 Å². The second-order valence-electron chi connectivity index (χ2n) is 9.20. The van der Waals surface area contributed by atoms with Gasteiger partial charge >= 0.3 is 0 Å². The molecule has 1 unspecified atom stereocenters. The van der Waals surface area contributed by atoms with Gasteiger partial charge in [0.2, 0.25) is 0 Å². The van der Waals surface area contributed by atoms with E-state index in [4.69, 9.17) is 11.6 Å². The molecule has 0 aromatic heterocycles. The van der Waals surface area contributed by atoms with Gasteiger partial charge in [-0.05, 0) is 57.1 Å². The minimum atomic E-state index is -0.327. The summed E-state index contributed by atoms with van der Waals surface area (Å²) in [7, 11) is 4.04. The molecule has 0 saturated carbocycles. The van der Waals surface area contributed by atoms with Crippen molar-refractivity contribution in [2.45, 2.75) is 32.2 Å². The Bertz CT molecular complexity index is 1290. The largest absolute Gasteiger partial charge is 0.377 e. The molecule has 0 saturated heterocycles. The van der Waals surface area contributed by atoms with Gasteiger partial charge in [-0.2, -0.15) is 0 Å². The van der Waals surface area contributed by atoms with Gasteiger partial charge in [0.05, 0.1) is 17.0 Å².